The van der Waals surface area contributed by atoms with Crippen LogP contribution in [0, 0.1) is 0 Å². The predicted molar refractivity (Wildman–Crippen MR) is 138 cm³/mol. The highest BCUT2D eigenvalue weighted by atomic mass is 127. The molecule has 8 heteroatoms. The highest BCUT2D eigenvalue weighted by molar-refractivity contribution is 14.0. The summed E-state index contributed by atoms with van der Waals surface area (Å²) in [5.41, 5.74) is 8.09. The molecular formula is C24H32IN5O2. The second-order valence-electron chi connectivity index (χ2n) is 7.89. The largest absolute Gasteiger partial charge is 0.368 e. The van der Waals surface area contributed by atoms with Gasteiger partial charge in [0.25, 0.3) is 5.91 Å². The van der Waals surface area contributed by atoms with E-state index in [4.69, 9.17) is 10.7 Å². The number of aliphatic imine (C=N–C) groups is 1. The molecular weight excluding hydrogens is 517 g/mol. The first-order valence-electron chi connectivity index (χ1n) is 10.8. The molecule has 2 amide bonds. The fraction of sp³-hybridized carbons (Fsp3) is 0.375. The molecule has 2 aromatic carbocycles. The van der Waals surface area contributed by atoms with Crippen molar-refractivity contribution in [2.45, 2.75) is 38.1 Å². The molecule has 2 aromatic rings. The number of hydrogen-bond donors (Lipinski definition) is 4. The topological polar surface area (TPSA) is 109 Å². The molecule has 1 aliphatic rings. The van der Waals surface area contributed by atoms with Gasteiger partial charge in [0.1, 0.15) is 0 Å². The number of rotatable bonds is 9. The van der Waals surface area contributed by atoms with Crippen molar-refractivity contribution in [1.82, 2.24) is 16.0 Å². The molecule has 0 bridgehead atoms. The van der Waals surface area contributed by atoms with E-state index < -0.39 is 5.91 Å². The van der Waals surface area contributed by atoms with Crippen LogP contribution in [0.15, 0.2) is 59.6 Å². The quantitative estimate of drug-likeness (QED) is 0.219. The van der Waals surface area contributed by atoms with Crippen molar-refractivity contribution in [3.8, 4) is 0 Å². The maximum atomic E-state index is 12.0. The lowest BCUT2D eigenvalue weighted by Crippen LogP contribution is -2.48. The Bertz CT molecular complexity index is 912. The second kappa shape index (κ2) is 12.4. The summed E-state index contributed by atoms with van der Waals surface area (Å²) in [5.74, 6) is -0.109. The van der Waals surface area contributed by atoms with E-state index >= 15 is 0 Å². The molecule has 0 atom stereocenters. The van der Waals surface area contributed by atoms with Gasteiger partial charge in [0.05, 0.1) is 13.1 Å². The van der Waals surface area contributed by atoms with Gasteiger partial charge in [-0.15, -0.1) is 24.0 Å². The van der Waals surface area contributed by atoms with Gasteiger partial charge < -0.3 is 21.7 Å². The number of halogens is 1. The average Bonchev–Trinajstić information content (AvgIpc) is 2.76. The van der Waals surface area contributed by atoms with Crippen molar-refractivity contribution in [2.24, 2.45) is 10.7 Å². The average molecular weight is 549 g/mol. The standard InChI is InChI=1S/C24H31N5O2.HI/c1-2-26-23(29-17-24(13-6-14-24)20-7-4-3-5-8-20)28-15-18-9-11-19(12-10-18)22(31)27-16-21(25)30;/h3-5,7-12H,2,6,13-17H2,1H3,(H2,25,30)(H,27,31)(H2,26,28,29);1H. The summed E-state index contributed by atoms with van der Waals surface area (Å²) in [6.45, 7) is 4.00. The first-order chi connectivity index (χ1) is 15.0. The van der Waals surface area contributed by atoms with E-state index in [-0.39, 0.29) is 41.8 Å². The molecule has 1 fully saturated rings. The van der Waals surface area contributed by atoms with Crippen LogP contribution in [0.3, 0.4) is 0 Å². The lowest BCUT2D eigenvalue weighted by atomic mass is 9.64. The fourth-order valence-electron chi connectivity index (χ4n) is 3.76. The van der Waals surface area contributed by atoms with Crippen molar-refractivity contribution < 1.29 is 9.59 Å². The summed E-state index contributed by atoms with van der Waals surface area (Å²) in [5, 5.41) is 9.31. The maximum Gasteiger partial charge on any atom is 0.251 e. The van der Waals surface area contributed by atoms with Crippen LogP contribution in [0.5, 0.6) is 0 Å². The molecule has 0 unspecified atom stereocenters. The molecule has 3 rings (SSSR count). The van der Waals surface area contributed by atoms with Gasteiger partial charge in [-0.05, 0) is 43.0 Å². The van der Waals surface area contributed by atoms with Crippen LogP contribution >= 0.6 is 24.0 Å². The number of primary amides is 1. The van der Waals surface area contributed by atoms with E-state index in [1.54, 1.807) is 12.1 Å². The zero-order valence-corrected chi connectivity index (χ0v) is 20.7. The number of nitrogens with one attached hydrogen (secondary N) is 3. The van der Waals surface area contributed by atoms with Crippen molar-refractivity contribution in [3.05, 3.63) is 71.3 Å². The van der Waals surface area contributed by atoms with Crippen molar-refractivity contribution in [3.63, 3.8) is 0 Å². The number of nitrogens with zero attached hydrogens (tertiary/aromatic N) is 1. The molecule has 172 valence electrons. The summed E-state index contributed by atoms with van der Waals surface area (Å²) in [6, 6.07) is 17.9. The minimum atomic E-state index is -0.571. The molecule has 0 radical (unpaired) electrons. The number of amides is 2. The van der Waals surface area contributed by atoms with Crippen molar-refractivity contribution in [2.75, 3.05) is 19.6 Å². The third-order valence-electron chi connectivity index (χ3n) is 5.69. The summed E-state index contributed by atoms with van der Waals surface area (Å²) < 4.78 is 0. The van der Waals surface area contributed by atoms with Gasteiger partial charge in [0, 0.05) is 24.1 Å². The highest BCUT2D eigenvalue weighted by Gasteiger charge is 2.38. The Balaban J connectivity index is 0.00000363. The Morgan fingerprint density at radius 2 is 1.69 bits per heavy atom. The number of nitrogens with two attached hydrogens (primary N) is 1. The van der Waals surface area contributed by atoms with Crippen LogP contribution in [0.25, 0.3) is 0 Å². The van der Waals surface area contributed by atoms with Crippen LogP contribution in [-0.4, -0.2) is 37.4 Å². The molecule has 0 aliphatic heterocycles. The van der Waals surface area contributed by atoms with Gasteiger partial charge in [0.2, 0.25) is 5.91 Å². The maximum absolute atomic E-state index is 12.0. The van der Waals surface area contributed by atoms with Crippen LogP contribution in [0.2, 0.25) is 0 Å². The van der Waals surface area contributed by atoms with E-state index in [1.165, 1.54) is 24.8 Å². The zero-order valence-electron chi connectivity index (χ0n) is 18.4. The summed E-state index contributed by atoms with van der Waals surface area (Å²) >= 11 is 0. The number of benzene rings is 2. The Morgan fingerprint density at radius 3 is 2.25 bits per heavy atom. The van der Waals surface area contributed by atoms with Crippen molar-refractivity contribution >= 4 is 41.8 Å². The lowest BCUT2D eigenvalue weighted by Gasteiger charge is -2.43. The van der Waals surface area contributed by atoms with Crippen LogP contribution in [0.4, 0.5) is 0 Å². The molecule has 5 N–H and O–H groups in total. The molecule has 0 heterocycles. The monoisotopic (exact) mass is 549 g/mol. The fourth-order valence-corrected chi connectivity index (χ4v) is 3.76. The van der Waals surface area contributed by atoms with Gasteiger partial charge in [-0.2, -0.15) is 0 Å². The van der Waals surface area contributed by atoms with Crippen LogP contribution < -0.4 is 21.7 Å². The Labute approximate surface area is 206 Å². The molecule has 7 nitrogen and oxygen atoms in total. The number of guanidine groups is 1. The van der Waals surface area contributed by atoms with E-state index in [9.17, 15) is 9.59 Å². The zero-order chi connectivity index (χ0) is 22.1. The predicted octanol–water partition coefficient (Wildman–Crippen LogP) is 2.70. The van der Waals surface area contributed by atoms with E-state index in [2.05, 4.69) is 46.3 Å². The molecule has 32 heavy (non-hydrogen) atoms. The Kier molecular flexibility index (Phi) is 9.96. The van der Waals surface area contributed by atoms with Crippen molar-refractivity contribution in [1.29, 1.82) is 0 Å². The van der Waals surface area contributed by atoms with Gasteiger partial charge in [0.15, 0.2) is 5.96 Å². The van der Waals surface area contributed by atoms with Gasteiger partial charge in [-0.1, -0.05) is 48.9 Å². The summed E-state index contributed by atoms with van der Waals surface area (Å²) in [4.78, 5) is 27.5. The summed E-state index contributed by atoms with van der Waals surface area (Å²) in [6.07, 6.45) is 3.62. The Hall–Kier alpha value is -2.62. The first kappa shape index (κ1) is 25.6. The SMILES string of the molecule is CCNC(=NCc1ccc(C(=O)NCC(N)=O)cc1)NCC1(c2ccccc2)CCC1.I. The van der Waals surface area contributed by atoms with E-state index in [0.29, 0.717) is 12.1 Å². The normalized spacial score (nSPS) is 14.5. The number of carbonyl (C=O) groups is 2. The molecule has 0 spiro atoms. The van der Waals surface area contributed by atoms with E-state index in [0.717, 1.165) is 24.6 Å². The third kappa shape index (κ3) is 6.94. The molecule has 0 aromatic heterocycles. The lowest BCUT2D eigenvalue weighted by molar-refractivity contribution is -0.117. The first-order valence-corrected chi connectivity index (χ1v) is 10.8. The third-order valence-corrected chi connectivity index (χ3v) is 5.69. The van der Waals surface area contributed by atoms with Crippen LogP contribution in [-0.2, 0) is 16.8 Å². The van der Waals surface area contributed by atoms with Gasteiger partial charge >= 0.3 is 0 Å². The molecule has 1 aliphatic carbocycles. The molecule has 1 saturated carbocycles. The molecule has 0 saturated heterocycles. The minimum absolute atomic E-state index is 0. The number of carbonyl (C=O) groups excluding carboxylic acids is 2. The second-order valence-corrected chi connectivity index (χ2v) is 7.89. The van der Waals surface area contributed by atoms with Crippen LogP contribution in [0.1, 0.15) is 47.7 Å². The van der Waals surface area contributed by atoms with Gasteiger partial charge in [-0.3, -0.25) is 9.59 Å². The van der Waals surface area contributed by atoms with E-state index in [1.807, 2.05) is 19.1 Å². The number of hydrogen-bond acceptors (Lipinski definition) is 3. The van der Waals surface area contributed by atoms with Gasteiger partial charge in [-0.25, -0.2) is 4.99 Å². The minimum Gasteiger partial charge on any atom is -0.368 e. The summed E-state index contributed by atoms with van der Waals surface area (Å²) in [7, 11) is 0. The smallest absolute Gasteiger partial charge is 0.251 e. The highest BCUT2D eigenvalue weighted by Crippen LogP contribution is 2.43. The Morgan fingerprint density at radius 1 is 1.00 bits per heavy atom.